The first-order valence-electron chi connectivity index (χ1n) is 8.74. The van der Waals surface area contributed by atoms with Gasteiger partial charge in [0, 0.05) is 16.8 Å². The molecule has 0 unspecified atom stereocenters. The van der Waals surface area contributed by atoms with Gasteiger partial charge in [0.15, 0.2) is 0 Å². The van der Waals surface area contributed by atoms with Crippen LogP contribution in [0.15, 0.2) is 29.6 Å². The number of thiophene rings is 1. The fourth-order valence-electron chi connectivity index (χ4n) is 3.45. The maximum Gasteiger partial charge on any atom is 0.252 e. The van der Waals surface area contributed by atoms with Crippen LogP contribution in [0.2, 0.25) is 0 Å². The molecule has 0 aliphatic heterocycles. The first kappa shape index (κ1) is 17.9. The van der Waals surface area contributed by atoms with Crippen LogP contribution in [0.5, 0.6) is 0 Å². The molecule has 2 amide bonds. The van der Waals surface area contributed by atoms with E-state index in [1.54, 1.807) is 11.3 Å². The van der Waals surface area contributed by atoms with E-state index in [-0.39, 0.29) is 23.9 Å². The van der Waals surface area contributed by atoms with E-state index in [0.717, 1.165) is 41.3 Å². The minimum atomic E-state index is -0.0154. The van der Waals surface area contributed by atoms with Gasteiger partial charge >= 0.3 is 0 Å². The predicted molar refractivity (Wildman–Crippen MR) is 102 cm³/mol. The number of nitrogens with zero attached hydrogens (tertiary/aromatic N) is 1. The number of benzene rings is 1. The summed E-state index contributed by atoms with van der Waals surface area (Å²) in [6.07, 6.45) is 3.75. The van der Waals surface area contributed by atoms with Gasteiger partial charge in [-0.2, -0.15) is 0 Å². The number of rotatable bonds is 5. The van der Waals surface area contributed by atoms with Crippen molar-refractivity contribution < 1.29 is 9.59 Å². The average molecular weight is 359 g/mol. The van der Waals surface area contributed by atoms with Gasteiger partial charge in [0.25, 0.3) is 5.91 Å². The van der Waals surface area contributed by atoms with Crippen molar-refractivity contribution in [2.24, 2.45) is 0 Å². The molecule has 5 nitrogen and oxygen atoms in total. The molecule has 1 aliphatic rings. The summed E-state index contributed by atoms with van der Waals surface area (Å²) in [4.78, 5) is 26.5. The number of nitrogens with one attached hydrogen (secondary N) is 2. The van der Waals surface area contributed by atoms with E-state index < -0.39 is 0 Å². The molecule has 0 spiro atoms. The summed E-state index contributed by atoms with van der Waals surface area (Å²) in [5.74, 6) is 0.0312. The van der Waals surface area contributed by atoms with Crippen molar-refractivity contribution in [3.05, 3.63) is 35.2 Å². The molecule has 3 rings (SSSR count). The lowest BCUT2D eigenvalue weighted by molar-refractivity contribution is -0.122. The van der Waals surface area contributed by atoms with Crippen molar-refractivity contribution in [2.75, 3.05) is 20.6 Å². The largest absolute Gasteiger partial charge is 0.352 e. The summed E-state index contributed by atoms with van der Waals surface area (Å²) in [5, 5.41) is 9.37. The van der Waals surface area contributed by atoms with Crippen molar-refractivity contribution in [2.45, 2.75) is 37.8 Å². The molecular weight excluding hydrogens is 334 g/mol. The van der Waals surface area contributed by atoms with E-state index in [4.69, 9.17) is 0 Å². The van der Waals surface area contributed by atoms with Crippen molar-refractivity contribution >= 4 is 33.2 Å². The molecule has 2 atom stereocenters. The molecule has 1 aromatic carbocycles. The molecule has 1 fully saturated rings. The third kappa shape index (κ3) is 4.58. The molecule has 1 aliphatic carbocycles. The predicted octanol–water partition coefficient (Wildman–Crippen LogP) is 2.62. The van der Waals surface area contributed by atoms with Gasteiger partial charge in [-0.1, -0.05) is 12.1 Å². The highest BCUT2D eigenvalue weighted by Gasteiger charge is 2.25. The molecule has 134 valence electrons. The van der Waals surface area contributed by atoms with Crippen LogP contribution in [0.3, 0.4) is 0 Å². The van der Waals surface area contributed by atoms with E-state index >= 15 is 0 Å². The maximum atomic E-state index is 12.7. The lowest BCUT2D eigenvalue weighted by Gasteiger charge is -2.30. The van der Waals surface area contributed by atoms with Crippen LogP contribution >= 0.6 is 11.3 Å². The van der Waals surface area contributed by atoms with E-state index in [9.17, 15) is 9.59 Å². The van der Waals surface area contributed by atoms with Crippen LogP contribution in [0.1, 0.15) is 36.0 Å². The summed E-state index contributed by atoms with van der Waals surface area (Å²) in [6, 6.07) is 8.13. The topological polar surface area (TPSA) is 61.4 Å². The first-order valence-corrected chi connectivity index (χ1v) is 9.62. The zero-order valence-corrected chi connectivity index (χ0v) is 15.6. The van der Waals surface area contributed by atoms with Gasteiger partial charge in [0.2, 0.25) is 5.91 Å². The molecule has 1 aromatic heterocycles. The van der Waals surface area contributed by atoms with Crippen molar-refractivity contribution in [3.8, 4) is 0 Å². The summed E-state index contributed by atoms with van der Waals surface area (Å²) in [7, 11) is 3.77. The number of fused-ring (bicyclic) bond motifs is 1. The third-order valence-electron chi connectivity index (χ3n) is 4.56. The first-order chi connectivity index (χ1) is 12.0. The quantitative estimate of drug-likeness (QED) is 0.863. The Hall–Kier alpha value is -1.92. The summed E-state index contributed by atoms with van der Waals surface area (Å²) < 4.78 is 1.03. The smallest absolute Gasteiger partial charge is 0.252 e. The highest BCUT2D eigenvalue weighted by atomic mass is 32.1. The molecule has 0 saturated heterocycles. The average Bonchev–Trinajstić information content (AvgIpc) is 3.02. The normalized spacial score (nSPS) is 20.6. The Balaban J connectivity index is 1.60. The highest BCUT2D eigenvalue weighted by molar-refractivity contribution is 7.17. The van der Waals surface area contributed by atoms with Crippen LogP contribution in [-0.2, 0) is 4.79 Å². The number of carbonyl (C=O) groups is 2. The number of hydrogen-bond donors (Lipinski definition) is 2. The SMILES string of the molecule is CN(C)CC(=O)N[C@@H]1CCC[C@H](NC(=O)c2cccc3ccsc23)C1. The van der Waals surface area contributed by atoms with Crippen molar-refractivity contribution in [3.63, 3.8) is 0 Å². The Bertz CT molecular complexity index is 756. The van der Waals surface area contributed by atoms with Gasteiger partial charge in [-0.15, -0.1) is 11.3 Å². The van der Waals surface area contributed by atoms with E-state index in [1.165, 1.54) is 0 Å². The van der Waals surface area contributed by atoms with Crippen LogP contribution in [0.4, 0.5) is 0 Å². The monoisotopic (exact) mass is 359 g/mol. The fraction of sp³-hybridized carbons (Fsp3) is 0.474. The van der Waals surface area contributed by atoms with Crippen LogP contribution in [0.25, 0.3) is 10.1 Å². The molecule has 1 heterocycles. The van der Waals surface area contributed by atoms with Gasteiger partial charge in [-0.3, -0.25) is 9.59 Å². The molecule has 2 aromatic rings. The Morgan fingerprint density at radius 2 is 1.92 bits per heavy atom. The standard InChI is InChI=1S/C19H25N3O2S/c1-22(2)12-17(23)20-14-6-4-7-15(11-14)21-19(24)16-8-3-5-13-9-10-25-18(13)16/h3,5,8-10,14-15H,4,6-7,11-12H2,1-2H3,(H,20,23)(H,21,24)/t14-,15+/m1/s1. The second kappa shape index (κ2) is 7.97. The van der Waals surface area contributed by atoms with E-state index in [0.29, 0.717) is 6.54 Å². The van der Waals surface area contributed by atoms with Gasteiger partial charge in [0.05, 0.1) is 12.1 Å². The van der Waals surface area contributed by atoms with Gasteiger partial charge in [0.1, 0.15) is 0 Å². The van der Waals surface area contributed by atoms with E-state index in [1.807, 2.05) is 48.6 Å². The molecule has 25 heavy (non-hydrogen) atoms. The van der Waals surface area contributed by atoms with Crippen molar-refractivity contribution in [1.29, 1.82) is 0 Å². The Morgan fingerprint density at radius 3 is 2.68 bits per heavy atom. The Labute approximate surface area is 152 Å². The Kier molecular flexibility index (Phi) is 5.71. The van der Waals surface area contributed by atoms with Gasteiger partial charge in [-0.05, 0) is 62.7 Å². The molecule has 0 radical (unpaired) electrons. The van der Waals surface area contributed by atoms with Gasteiger partial charge in [-0.25, -0.2) is 0 Å². The van der Waals surface area contributed by atoms with E-state index in [2.05, 4.69) is 10.6 Å². The molecule has 1 saturated carbocycles. The van der Waals surface area contributed by atoms with Gasteiger partial charge < -0.3 is 15.5 Å². The fourth-order valence-corrected chi connectivity index (χ4v) is 4.36. The summed E-state index contributed by atoms with van der Waals surface area (Å²) >= 11 is 1.60. The minimum Gasteiger partial charge on any atom is -0.352 e. The molecule has 6 heteroatoms. The number of likely N-dealkylation sites (N-methyl/N-ethyl adjacent to an activating group) is 1. The van der Waals surface area contributed by atoms with Crippen LogP contribution in [-0.4, -0.2) is 49.4 Å². The zero-order valence-electron chi connectivity index (χ0n) is 14.7. The summed E-state index contributed by atoms with van der Waals surface area (Å²) in [6.45, 7) is 0.397. The number of carbonyl (C=O) groups excluding carboxylic acids is 2. The Morgan fingerprint density at radius 1 is 1.16 bits per heavy atom. The number of amides is 2. The van der Waals surface area contributed by atoms with Crippen LogP contribution < -0.4 is 10.6 Å². The van der Waals surface area contributed by atoms with Crippen molar-refractivity contribution in [1.82, 2.24) is 15.5 Å². The summed E-state index contributed by atoms with van der Waals surface area (Å²) in [5.41, 5.74) is 0.742. The van der Waals surface area contributed by atoms with Crippen LogP contribution in [0, 0.1) is 0 Å². The third-order valence-corrected chi connectivity index (χ3v) is 5.52. The second-order valence-electron chi connectivity index (χ2n) is 6.98. The molecular formula is C19H25N3O2S. The highest BCUT2D eigenvalue weighted by Crippen LogP contribution is 2.25. The second-order valence-corrected chi connectivity index (χ2v) is 7.90. The minimum absolute atomic E-state index is 0.0154. The maximum absolute atomic E-state index is 12.7. The molecule has 2 N–H and O–H groups in total. The molecule has 0 bridgehead atoms. The lowest BCUT2D eigenvalue weighted by Crippen LogP contribution is -2.47. The number of hydrogen-bond acceptors (Lipinski definition) is 4. The zero-order chi connectivity index (χ0) is 17.8. The lowest BCUT2D eigenvalue weighted by atomic mass is 9.90.